The van der Waals surface area contributed by atoms with E-state index in [-0.39, 0.29) is 6.04 Å². The fourth-order valence-corrected chi connectivity index (χ4v) is 0.848. The van der Waals surface area contributed by atoms with Crippen LogP contribution in [0.3, 0.4) is 0 Å². The lowest BCUT2D eigenvalue weighted by Crippen LogP contribution is -2.18. The van der Waals surface area contributed by atoms with Crippen molar-refractivity contribution in [1.82, 2.24) is 9.97 Å². The first-order chi connectivity index (χ1) is 5.74. The Balaban J connectivity index is 2.68. The van der Waals surface area contributed by atoms with E-state index in [0.717, 1.165) is 5.56 Å². The van der Waals surface area contributed by atoms with Crippen molar-refractivity contribution in [2.24, 2.45) is 5.73 Å². The molecule has 0 saturated carbocycles. The van der Waals surface area contributed by atoms with Gasteiger partial charge in [-0.2, -0.15) is 0 Å². The van der Waals surface area contributed by atoms with E-state index < -0.39 is 0 Å². The van der Waals surface area contributed by atoms with E-state index in [4.69, 9.17) is 10.5 Å². The summed E-state index contributed by atoms with van der Waals surface area (Å²) in [5.41, 5.74) is 6.74. The average molecular weight is 167 g/mol. The molecule has 12 heavy (non-hydrogen) atoms. The van der Waals surface area contributed by atoms with Gasteiger partial charge in [-0.3, -0.25) is 0 Å². The number of aromatic nitrogens is 2. The number of rotatable bonds is 3. The monoisotopic (exact) mass is 167 g/mol. The molecule has 0 saturated heterocycles. The van der Waals surface area contributed by atoms with Crippen molar-refractivity contribution in [2.45, 2.75) is 13.0 Å². The van der Waals surface area contributed by atoms with Crippen molar-refractivity contribution in [2.75, 3.05) is 13.7 Å². The van der Waals surface area contributed by atoms with Crippen LogP contribution < -0.4 is 5.73 Å². The van der Waals surface area contributed by atoms with Crippen LogP contribution in [0, 0.1) is 6.92 Å². The van der Waals surface area contributed by atoms with Gasteiger partial charge >= 0.3 is 0 Å². The van der Waals surface area contributed by atoms with E-state index in [1.807, 2.05) is 6.92 Å². The van der Waals surface area contributed by atoms with Crippen molar-refractivity contribution in [3.8, 4) is 0 Å². The zero-order valence-corrected chi connectivity index (χ0v) is 7.32. The first kappa shape index (κ1) is 9.09. The third-order valence-corrected chi connectivity index (χ3v) is 1.48. The van der Waals surface area contributed by atoms with Gasteiger partial charge in [-0.15, -0.1) is 0 Å². The number of methoxy groups -OCH3 is 1. The van der Waals surface area contributed by atoms with Gasteiger partial charge in [0.05, 0.1) is 12.6 Å². The molecule has 0 fully saturated rings. The van der Waals surface area contributed by atoms with Gasteiger partial charge in [-0.1, -0.05) is 0 Å². The molecule has 1 aromatic heterocycles. The smallest absolute Gasteiger partial charge is 0.147 e. The summed E-state index contributed by atoms with van der Waals surface area (Å²) in [6.07, 6.45) is 3.50. The van der Waals surface area contributed by atoms with Crippen molar-refractivity contribution in [3.63, 3.8) is 0 Å². The second kappa shape index (κ2) is 4.13. The standard InChI is InChI=1S/C8H13N3O/c1-6-3-10-8(11-4-6)7(9)5-12-2/h3-4,7H,5,9H2,1-2H3. The summed E-state index contributed by atoms with van der Waals surface area (Å²) in [7, 11) is 1.61. The van der Waals surface area contributed by atoms with Crippen LogP contribution in [-0.2, 0) is 4.74 Å². The van der Waals surface area contributed by atoms with Crippen LogP contribution in [0.25, 0.3) is 0 Å². The molecule has 0 spiro atoms. The third kappa shape index (κ3) is 2.25. The molecule has 1 rings (SSSR count). The molecule has 0 bridgehead atoms. The van der Waals surface area contributed by atoms with Crippen LogP contribution in [0.5, 0.6) is 0 Å². The van der Waals surface area contributed by atoms with Crippen molar-refractivity contribution in [3.05, 3.63) is 23.8 Å². The fraction of sp³-hybridized carbons (Fsp3) is 0.500. The SMILES string of the molecule is COCC(N)c1ncc(C)cn1. The molecule has 0 aliphatic heterocycles. The van der Waals surface area contributed by atoms with Gasteiger partial charge in [0, 0.05) is 19.5 Å². The van der Waals surface area contributed by atoms with Crippen molar-refractivity contribution >= 4 is 0 Å². The fourth-order valence-electron chi connectivity index (χ4n) is 0.848. The maximum Gasteiger partial charge on any atom is 0.147 e. The van der Waals surface area contributed by atoms with Gasteiger partial charge in [0.2, 0.25) is 0 Å². The summed E-state index contributed by atoms with van der Waals surface area (Å²) >= 11 is 0. The molecule has 1 heterocycles. The number of ether oxygens (including phenoxy) is 1. The lowest BCUT2D eigenvalue weighted by molar-refractivity contribution is 0.178. The first-order valence-corrected chi connectivity index (χ1v) is 3.77. The molecular weight excluding hydrogens is 154 g/mol. The Hall–Kier alpha value is -1.00. The Kier molecular flexibility index (Phi) is 3.13. The molecule has 2 N–H and O–H groups in total. The quantitative estimate of drug-likeness (QED) is 0.709. The highest BCUT2D eigenvalue weighted by molar-refractivity contribution is 5.04. The largest absolute Gasteiger partial charge is 0.383 e. The van der Waals surface area contributed by atoms with Gasteiger partial charge in [0.1, 0.15) is 5.82 Å². The van der Waals surface area contributed by atoms with Crippen LogP contribution in [0.2, 0.25) is 0 Å². The Bertz CT molecular complexity index is 235. The number of hydrogen-bond donors (Lipinski definition) is 1. The molecule has 0 aromatic carbocycles. The van der Waals surface area contributed by atoms with E-state index in [1.54, 1.807) is 19.5 Å². The molecule has 1 aromatic rings. The second-order valence-electron chi connectivity index (χ2n) is 2.68. The summed E-state index contributed by atoms with van der Waals surface area (Å²) in [5, 5.41) is 0. The van der Waals surface area contributed by atoms with Gasteiger partial charge in [-0.25, -0.2) is 9.97 Å². The topological polar surface area (TPSA) is 61.0 Å². The second-order valence-corrected chi connectivity index (χ2v) is 2.68. The minimum atomic E-state index is -0.226. The molecule has 1 unspecified atom stereocenters. The van der Waals surface area contributed by atoms with E-state index in [9.17, 15) is 0 Å². The molecule has 0 radical (unpaired) electrons. The molecule has 1 atom stereocenters. The van der Waals surface area contributed by atoms with E-state index in [2.05, 4.69) is 9.97 Å². The highest BCUT2D eigenvalue weighted by Gasteiger charge is 2.06. The maximum atomic E-state index is 5.71. The maximum absolute atomic E-state index is 5.71. The number of hydrogen-bond acceptors (Lipinski definition) is 4. The Morgan fingerprint density at radius 3 is 2.58 bits per heavy atom. The minimum absolute atomic E-state index is 0.226. The average Bonchev–Trinajstić information content (AvgIpc) is 2.06. The van der Waals surface area contributed by atoms with E-state index in [1.165, 1.54) is 0 Å². The van der Waals surface area contributed by atoms with Gasteiger partial charge in [0.15, 0.2) is 0 Å². The summed E-state index contributed by atoms with van der Waals surface area (Å²) in [6, 6.07) is -0.226. The molecule has 0 aliphatic carbocycles. The van der Waals surface area contributed by atoms with E-state index in [0.29, 0.717) is 12.4 Å². The molecule has 66 valence electrons. The Labute approximate surface area is 71.8 Å². The third-order valence-electron chi connectivity index (χ3n) is 1.48. The molecule has 0 aliphatic rings. The number of nitrogens with two attached hydrogens (primary N) is 1. The van der Waals surface area contributed by atoms with Crippen molar-refractivity contribution < 1.29 is 4.74 Å². The zero-order chi connectivity index (χ0) is 8.97. The van der Waals surface area contributed by atoms with Gasteiger partial charge in [0.25, 0.3) is 0 Å². The minimum Gasteiger partial charge on any atom is -0.383 e. The van der Waals surface area contributed by atoms with Crippen LogP contribution in [-0.4, -0.2) is 23.7 Å². The highest BCUT2D eigenvalue weighted by atomic mass is 16.5. The van der Waals surface area contributed by atoms with Gasteiger partial charge < -0.3 is 10.5 Å². The summed E-state index contributed by atoms with van der Waals surface area (Å²) in [4.78, 5) is 8.16. The van der Waals surface area contributed by atoms with Crippen LogP contribution in [0.15, 0.2) is 12.4 Å². The zero-order valence-electron chi connectivity index (χ0n) is 7.32. The van der Waals surface area contributed by atoms with Crippen molar-refractivity contribution in [1.29, 1.82) is 0 Å². The predicted molar refractivity (Wildman–Crippen MR) is 45.6 cm³/mol. The number of nitrogens with zero attached hydrogens (tertiary/aromatic N) is 2. The van der Waals surface area contributed by atoms with E-state index >= 15 is 0 Å². The summed E-state index contributed by atoms with van der Waals surface area (Å²) in [6.45, 7) is 2.38. The van der Waals surface area contributed by atoms with Gasteiger partial charge in [-0.05, 0) is 12.5 Å². The Morgan fingerprint density at radius 1 is 1.50 bits per heavy atom. The predicted octanol–water partition coefficient (Wildman–Crippen LogP) is 0.431. The lowest BCUT2D eigenvalue weighted by atomic mass is 10.3. The first-order valence-electron chi connectivity index (χ1n) is 3.77. The molecule has 0 amide bonds. The number of aryl methyl sites for hydroxylation is 1. The molecule has 4 heteroatoms. The normalized spacial score (nSPS) is 12.9. The van der Waals surface area contributed by atoms with Crippen LogP contribution in [0.1, 0.15) is 17.4 Å². The lowest BCUT2D eigenvalue weighted by Gasteiger charge is -2.07. The molecular formula is C8H13N3O. The van der Waals surface area contributed by atoms with Crippen LogP contribution in [0.4, 0.5) is 0 Å². The summed E-state index contributed by atoms with van der Waals surface area (Å²) < 4.78 is 4.88. The highest BCUT2D eigenvalue weighted by Crippen LogP contribution is 2.03. The molecule has 4 nitrogen and oxygen atoms in total. The summed E-state index contributed by atoms with van der Waals surface area (Å²) in [5.74, 6) is 0.627. The Morgan fingerprint density at radius 2 is 2.08 bits per heavy atom. The van der Waals surface area contributed by atoms with Crippen LogP contribution >= 0.6 is 0 Å².